The van der Waals surface area contributed by atoms with E-state index in [9.17, 15) is 4.79 Å². The lowest BCUT2D eigenvalue weighted by Crippen LogP contribution is -2.36. The Balaban J connectivity index is 2.23. The van der Waals surface area contributed by atoms with Crippen LogP contribution in [0, 0.1) is 0 Å². The van der Waals surface area contributed by atoms with Gasteiger partial charge in [0.2, 0.25) is 5.91 Å². The van der Waals surface area contributed by atoms with Gasteiger partial charge in [-0.2, -0.15) is 0 Å². The van der Waals surface area contributed by atoms with Gasteiger partial charge in [0.15, 0.2) is 0 Å². The van der Waals surface area contributed by atoms with Gasteiger partial charge in [-0.1, -0.05) is 6.08 Å². The SMILES string of the molecule is C=CCNCC[C@H]1CCC(=O)N1CCCOCC. The first kappa shape index (κ1) is 15.2. The molecule has 1 rings (SSSR count). The lowest BCUT2D eigenvalue weighted by atomic mass is 10.1. The zero-order valence-electron chi connectivity index (χ0n) is 11.5. The predicted molar refractivity (Wildman–Crippen MR) is 73.5 cm³/mol. The van der Waals surface area contributed by atoms with Crippen LogP contribution < -0.4 is 5.32 Å². The quantitative estimate of drug-likeness (QED) is 0.475. The number of amides is 1. The molecule has 1 amide bonds. The predicted octanol–water partition coefficient (Wildman–Crippen LogP) is 1.57. The third-order valence-electron chi connectivity index (χ3n) is 3.29. The van der Waals surface area contributed by atoms with Crippen molar-refractivity contribution in [3.8, 4) is 0 Å². The number of rotatable bonds is 10. The fraction of sp³-hybridized carbons (Fsp3) is 0.786. The molecule has 0 radical (unpaired) electrons. The van der Waals surface area contributed by atoms with E-state index < -0.39 is 0 Å². The van der Waals surface area contributed by atoms with Crippen LogP contribution in [0.2, 0.25) is 0 Å². The Kier molecular flexibility index (Phi) is 7.69. The molecular weight excluding hydrogens is 228 g/mol. The van der Waals surface area contributed by atoms with Crippen molar-refractivity contribution in [2.45, 2.75) is 38.6 Å². The van der Waals surface area contributed by atoms with Crippen molar-refractivity contribution in [3.63, 3.8) is 0 Å². The fourth-order valence-corrected chi connectivity index (χ4v) is 2.35. The number of carbonyl (C=O) groups excluding carboxylic acids is 1. The van der Waals surface area contributed by atoms with Crippen LogP contribution in [0.5, 0.6) is 0 Å². The van der Waals surface area contributed by atoms with Crippen LogP contribution in [0.1, 0.15) is 32.6 Å². The molecule has 0 aliphatic carbocycles. The van der Waals surface area contributed by atoms with Crippen LogP contribution in [0.3, 0.4) is 0 Å². The molecule has 104 valence electrons. The summed E-state index contributed by atoms with van der Waals surface area (Å²) in [5.41, 5.74) is 0. The van der Waals surface area contributed by atoms with Gasteiger partial charge in [0.1, 0.15) is 0 Å². The molecule has 0 bridgehead atoms. The molecule has 0 aromatic carbocycles. The summed E-state index contributed by atoms with van der Waals surface area (Å²) in [4.78, 5) is 13.8. The molecule has 0 aromatic rings. The van der Waals surface area contributed by atoms with Crippen LogP contribution >= 0.6 is 0 Å². The molecule has 4 heteroatoms. The summed E-state index contributed by atoms with van der Waals surface area (Å²) in [5.74, 6) is 0.306. The average molecular weight is 254 g/mol. The highest BCUT2D eigenvalue weighted by Crippen LogP contribution is 2.21. The second-order valence-electron chi connectivity index (χ2n) is 4.61. The fourth-order valence-electron chi connectivity index (χ4n) is 2.35. The molecule has 1 atom stereocenters. The highest BCUT2D eigenvalue weighted by Gasteiger charge is 2.29. The Morgan fingerprint density at radius 1 is 1.61 bits per heavy atom. The van der Waals surface area contributed by atoms with Crippen LogP contribution in [0.25, 0.3) is 0 Å². The van der Waals surface area contributed by atoms with Crippen molar-refractivity contribution in [1.82, 2.24) is 10.2 Å². The molecule has 1 heterocycles. The monoisotopic (exact) mass is 254 g/mol. The Labute approximate surface area is 110 Å². The third kappa shape index (κ3) is 5.19. The molecule has 0 unspecified atom stereocenters. The van der Waals surface area contributed by atoms with Gasteiger partial charge < -0.3 is 15.0 Å². The number of nitrogens with one attached hydrogen (secondary N) is 1. The minimum Gasteiger partial charge on any atom is -0.382 e. The number of hydrogen-bond donors (Lipinski definition) is 1. The topological polar surface area (TPSA) is 41.6 Å². The van der Waals surface area contributed by atoms with Crippen molar-refractivity contribution in [1.29, 1.82) is 0 Å². The summed E-state index contributed by atoms with van der Waals surface area (Å²) in [7, 11) is 0. The molecule has 0 spiro atoms. The first-order valence-electron chi connectivity index (χ1n) is 6.98. The normalized spacial score (nSPS) is 19.5. The zero-order valence-corrected chi connectivity index (χ0v) is 11.5. The van der Waals surface area contributed by atoms with E-state index in [1.165, 1.54) is 0 Å². The van der Waals surface area contributed by atoms with Crippen LogP contribution in [0.15, 0.2) is 12.7 Å². The van der Waals surface area contributed by atoms with Gasteiger partial charge in [-0.05, 0) is 32.7 Å². The van der Waals surface area contributed by atoms with Crippen molar-refractivity contribution >= 4 is 5.91 Å². The summed E-state index contributed by atoms with van der Waals surface area (Å²) in [5, 5.41) is 3.29. The maximum atomic E-state index is 11.8. The standard InChI is InChI=1S/C14H26N2O2/c1-3-9-15-10-8-13-6-7-14(17)16(13)11-5-12-18-4-2/h3,13,15H,1,4-12H2,2H3/t13-/m1/s1. The maximum Gasteiger partial charge on any atom is 0.222 e. The molecule has 1 N–H and O–H groups in total. The lowest BCUT2D eigenvalue weighted by molar-refractivity contribution is -0.129. The Hall–Kier alpha value is -0.870. The van der Waals surface area contributed by atoms with E-state index in [0.717, 1.165) is 52.1 Å². The van der Waals surface area contributed by atoms with Crippen LogP contribution in [-0.4, -0.2) is 49.7 Å². The maximum absolute atomic E-state index is 11.8. The first-order valence-corrected chi connectivity index (χ1v) is 6.98. The van der Waals surface area contributed by atoms with Gasteiger partial charge >= 0.3 is 0 Å². The molecule has 4 nitrogen and oxygen atoms in total. The highest BCUT2D eigenvalue weighted by atomic mass is 16.5. The van der Waals surface area contributed by atoms with Crippen LogP contribution in [0.4, 0.5) is 0 Å². The Bertz CT molecular complexity index is 256. The zero-order chi connectivity index (χ0) is 13.2. The van der Waals surface area contributed by atoms with E-state index in [1.807, 2.05) is 17.9 Å². The van der Waals surface area contributed by atoms with E-state index in [4.69, 9.17) is 4.74 Å². The van der Waals surface area contributed by atoms with E-state index >= 15 is 0 Å². The summed E-state index contributed by atoms with van der Waals surface area (Å²) < 4.78 is 5.32. The Morgan fingerprint density at radius 2 is 2.44 bits per heavy atom. The highest BCUT2D eigenvalue weighted by molar-refractivity contribution is 5.78. The van der Waals surface area contributed by atoms with Gasteiger partial charge in [-0.15, -0.1) is 6.58 Å². The van der Waals surface area contributed by atoms with Gasteiger partial charge in [-0.3, -0.25) is 4.79 Å². The third-order valence-corrected chi connectivity index (χ3v) is 3.29. The van der Waals surface area contributed by atoms with Gasteiger partial charge in [0.05, 0.1) is 0 Å². The van der Waals surface area contributed by atoms with E-state index in [2.05, 4.69) is 11.9 Å². The molecule has 1 aliphatic heterocycles. The summed E-state index contributed by atoms with van der Waals surface area (Å²) >= 11 is 0. The van der Waals surface area contributed by atoms with E-state index in [0.29, 0.717) is 18.4 Å². The summed E-state index contributed by atoms with van der Waals surface area (Å²) in [6.07, 6.45) is 5.55. The number of carbonyl (C=O) groups is 1. The van der Waals surface area contributed by atoms with Crippen molar-refractivity contribution in [2.24, 2.45) is 0 Å². The number of nitrogens with zero attached hydrogens (tertiary/aromatic N) is 1. The lowest BCUT2D eigenvalue weighted by Gasteiger charge is -2.25. The molecule has 1 saturated heterocycles. The van der Waals surface area contributed by atoms with Crippen molar-refractivity contribution in [2.75, 3.05) is 32.8 Å². The van der Waals surface area contributed by atoms with Gasteiger partial charge in [0, 0.05) is 38.8 Å². The largest absolute Gasteiger partial charge is 0.382 e. The van der Waals surface area contributed by atoms with Gasteiger partial charge in [0.25, 0.3) is 0 Å². The van der Waals surface area contributed by atoms with Crippen LogP contribution in [-0.2, 0) is 9.53 Å². The molecule has 18 heavy (non-hydrogen) atoms. The number of hydrogen-bond acceptors (Lipinski definition) is 3. The van der Waals surface area contributed by atoms with Crippen molar-refractivity contribution in [3.05, 3.63) is 12.7 Å². The molecule has 1 fully saturated rings. The second-order valence-corrected chi connectivity index (χ2v) is 4.61. The van der Waals surface area contributed by atoms with E-state index in [1.54, 1.807) is 0 Å². The minimum atomic E-state index is 0.306. The second kappa shape index (κ2) is 9.11. The first-order chi connectivity index (χ1) is 8.79. The summed E-state index contributed by atoms with van der Waals surface area (Å²) in [6, 6.07) is 0.413. The molecular formula is C14H26N2O2. The van der Waals surface area contributed by atoms with E-state index in [-0.39, 0.29) is 0 Å². The number of likely N-dealkylation sites (tertiary alicyclic amines) is 1. The number of ether oxygens (including phenoxy) is 1. The van der Waals surface area contributed by atoms with Crippen molar-refractivity contribution < 1.29 is 9.53 Å². The smallest absolute Gasteiger partial charge is 0.222 e. The summed E-state index contributed by atoms with van der Waals surface area (Å²) in [6.45, 7) is 9.80. The molecule has 1 aliphatic rings. The molecule has 0 aromatic heterocycles. The van der Waals surface area contributed by atoms with Gasteiger partial charge in [-0.25, -0.2) is 0 Å². The minimum absolute atomic E-state index is 0.306. The molecule has 0 saturated carbocycles. The Morgan fingerprint density at radius 3 is 3.17 bits per heavy atom. The average Bonchev–Trinajstić information content (AvgIpc) is 2.72.